The number of hydrogen-bond acceptors (Lipinski definition) is 4. The maximum Gasteiger partial charge on any atom is 0.136 e. The standard InChI is InChI=1S/C13H21NO3/c1-16-13(4-5-17-9-13)8-14-10-2-3-11(14)7-12(15)6-10/h10-11H,2-9H2,1H3. The molecule has 4 nitrogen and oxygen atoms in total. The molecule has 3 aliphatic rings. The maximum atomic E-state index is 11.6. The molecule has 3 heterocycles. The highest BCUT2D eigenvalue weighted by Crippen LogP contribution is 2.36. The third kappa shape index (κ3) is 2.02. The van der Waals surface area contributed by atoms with Gasteiger partial charge in [-0.25, -0.2) is 0 Å². The summed E-state index contributed by atoms with van der Waals surface area (Å²) in [5.74, 6) is 0.447. The van der Waals surface area contributed by atoms with Crippen LogP contribution >= 0.6 is 0 Å². The molecule has 0 aromatic heterocycles. The van der Waals surface area contributed by atoms with Crippen molar-refractivity contribution in [3.63, 3.8) is 0 Å². The number of methoxy groups -OCH3 is 1. The fraction of sp³-hybridized carbons (Fsp3) is 0.923. The number of ketones is 1. The van der Waals surface area contributed by atoms with Crippen LogP contribution in [0.25, 0.3) is 0 Å². The summed E-state index contributed by atoms with van der Waals surface area (Å²) in [5, 5.41) is 0. The van der Waals surface area contributed by atoms with Crippen molar-refractivity contribution in [2.24, 2.45) is 0 Å². The Bertz CT molecular complexity index is 296. The maximum absolute atomic E-state index is 11.6. The van der Waals surface area contributed by atoms with Gasteiger partial charge in [0.15, 0.2) is 0 Å². The smallest absolute Gasteiger partial charge is 0.136 e. The molecule has 0 saturated carbocycles. The first kappa shape index (κ1) is 11.6. The molecular weight excluding hydrogens is 218 g/mol. The summed E-state index contributed by atoms with van der Waals surface area (Å²) in [4.78, 5) is 14.1. The zero-order chi connectivity index (χ0) is 11.9. The van der Waals surface area contributed by atoms with Crippen LogP contribution in [0, 0.1) is 0 Å². The lowest BCUT2D eigenvalue weighted by atomic mass is 9.96. The lowest BCUT2D eigenvalue weighted by Gasteiger charge is -2.39. The highest BCUT2D eigenvalue weighted by atomic mass is 16.5. The molecule has 3 atom stereocenters. The molecular formula is C13H21NO3. The van der Waals surface area contributed by atoms with Crippen LogP contribution < -0.4 is 0 Å². The van der Waals surface area contributed by atoms with Crippen molar-refractivity contribution in [1.82, 2.24) is 4.90 Å². The zero-order valence-corrected chi connectivity index (χ0v) is 10.5. The molecule has 0 radical (unpaired) electrons. The van der Waals surface area contributed by atoms with Crippen LogP contribution in [0.5, 0.6) is 0 Å². The second kappa shape index (κ2) is 4.34. The molecule has 3 aliphatic heterocycles. The molecule has 0 amide bonds. The van der Waals surface area contributed by atoms with Gasteiger partial charge in [0, 0.05) is 51.6 Å². The van der Waals surface area contributed by atoms with Gasteiger partial charge in [0.25, 0.3) is 0 Å². The van der Waals surface area contributed by atoms with Gasteiger partial charge in [-0.1, -0.05) is 0 Å². The molecule has 0 spiro atoms. The Labute approximate surface area is 102 Å². The molecule has 0 N–H and O–H groups in total. The van der Waals surface area contributed by atoms with Crippen LogP contribution in [0.1, 0.15) is 32.1 Å². The van der Waals surface area contributed by atoms with E-state index in [1.165, 1.54) is 12.8 Å². The van der Waals surface area contributed by atoms with Gasteiger partial charge in [0.2, 0.25) is 0 Å². The van der Waals surface area contributed by atoms with Crippen LogP contribution in [-0.2, 0) is 14.3 Å². The Morgan fingerprint density at radius 2 is 2.12 bits per heavy atom. The van der Waals surface area contributed by atoms with Crippen LogP contribution in [0.15, 0.2) is 0 Å². The second-order valence-corrected chi connectivity index (χ2v) is 5.69. The molecule has 2 bridgehead atoms. The van der Waals surface area contributed by atoms with E-state index in [4.69, 9.17) is 9.47 Å². The summed E-state index contributed by atoms with van der Waals surface area (Å²) in [7, 11) is 1.78. The van der Waals surface area contributed by atoms with Crippen molar-refractivity contribution < 1.29 is 14.3 Å². The minimum atomic E-state index is -0.124. The van der Waals surface area contributed by atoms with Crippen LogP contribution in [0.4, 0.5) is 0 Å². The molecule has 96 valence electrons. The molecule has 0 aromatic rings. The van der Waals surface area contributed by atoms with E-state index in [0.29, 0.717) is 24.5 Å². The number of ether oxygens (including phenoxy) is 2. The molecule has 3 fully saturated rings. The lowest BCUT2D eigenvalue weighted by molar-refractivity contribution is -0.125. The quantitative estimate of drug-likeness (QED) is 0.736. The summed E-state index contributed by atoms with van der Waals surface area (Å²) in [5.41, 5.74) is -0.124. The molecule has 0 aliphatic carbocycles. The van der Waals surface area contributed by atoms with E-state index < -0.39 is 0 Å². The molecule has 3 unspecified atom stereocenters. The molecule has 3 saturated heterocycles. The van der Waals surface area contributed by atoms with Crippen molar-refractivity contribution in [2.75, 3.05) is 26.9 Å². The van der Waals surface area contributed by atoms with Crippen molar-refractivity contribution in [3.8, 4) is 0 Å². The van der Waals surface area contributed by atoms with Crippen molar-refractivity contribution >= 4 is 5.78 Å². The molecule has 17 heavy (non-hydrogen) atoms. The number of hydrogen-bond donors (Lipinski definition) is 0. The summed E-state index contributed by atoms with van der Waals surface area (Å²) >= 11 is 0. The zero-order valence-electron chi connectivity index (χ0n) is 10.5. The van der Waals surface area contributed by atoms with E-state index in [0.717, 1.165) is 32.4 Å². The van der Waals surface area contributed by atoms with Gasteiger partial charge in [-0.05, 0) is 12.8 Å². The van der Waals surface area contributed by atoms with E-state index in [1.807, 2.05) is 0 Å². The highest BCUT2D eigenvalue weighted by Gasteiger charge is 2.45. The first-order valence-electron chi connectivity index (χ1n) is 6.63. The first-order chi connectivity index (χ1) is 8.22. The highest BCUT2D eigenvalue weighted by molar-refractivity contribution is 5.80. The number of fused-ring (bicyclic) bond motifs is 2. The lowest BCUT2D eigenvalue weighted by Crippen LogP contribution is -2.52. The summed E-state index contributed by atoms with van der Waals surface area (Å²) in [6.07, 6.45) is 4.83. The van der Waals surface area contributed by atoms with Crippen molar-refractivity contribution in [2.45, 2.75) is 49.8 Å². The fourth-order valence-corrected chi connectivity index (χ4v) is 3.59. The predicted octanol–water partition coefficient (Wildman–Crippen LogP) is 0.988. The van der Waals surface area contributed by atoms with Gasteiger partial charge in [0.1, 0.15) is 11.4 Å². The summed E-state index contributed by atoms with van der Waals surface area (Å²) in [6.45, 7) is 2.44. The minimum Gasteiger partial charge on any atom is -0.378 e. The first-order valence-corrected chi connectivity index (χ1v) is 6.63. The predicted molar refractivity (Wildman–Crippen MR) is 62.9 cm³/mol. The topological polar surface area (TPSA) is 38.8 Å². The second-order valence-electron chi connectivity index (χ2n) is 5.69. The number of carbonyl (C=O) groups is 1. The number of nitrogens with zero attached hydrogens (tertiary/aromatic N) is 1. The summed E-state index contributed by atoms with van der Waals surface area (Å²) in [6, 6.07) is 0.933. The SMILES string of the molecule is COC1(CN2C3CCC2CC(=O)C3)CCOC1. The van der Waals surface area contributed by atoms with Gasteiger partial charge in [-0.3, -0.25) is 9.69 Å². The minimum absolute atomic E-state index is 0.124. The largest absolute Gasteiger partial charge is 0.378 e. The van der Waals surface area contributed by atoms with Gasteiger partial charge >= 0.3 is 0 Å². The number of carbonyl (C=O) groups excluding carboxylic acids is 1. The Balaban J connectivity index is 1.71. The molecule has 0 aromatic carbocycles. The average molecular weight is 239 g/mol. The van der Waals surface area contributed by atoms with E-state index in [-0.39, 0.29) is 5.60 Å². The number of rotatable bonds is 3. The number of piperidine rings is 1. The van der Waals surface area contributed by atoms with Gasteiger partial charge in [-0.2, -0.15) is 0 Å². The molecule has 3 rings (SSSR count). The van der Waals surface area contributed by atoms with E-state index >= 15 is 0 Å². The Morgan fingerprint density at radius 1 is 1.41 bits per heavy atom. The Kier molecular flexibility index (Phi) is 2.97. The van der Waals surface area contributed by atoms with Crippen molar-refractivity contribution in [1.29, 1.82) is 0 Å². The Hall–Kier alpha value is -0.450. The van der Waals surface area contributed by atoms with Crippen molar-refractivity contribution in [3.05, 3.63) is 0 Å². The van der Waals surface area contributed by atoms with E-state index in [1.54, 1.807) is 7.11 Å². The monoisotopic (exact) mass is 239 g/mol. The van der Waals surface area contributed by atoms with Gasteiger partial charge in [-0.15, -0.1) is 0 Å². The van der Waals surface area contributed by atoms with Crippen LogP contribution in [-0.4, -0.2) is 55.2 Å². The average Bonchev–Trinajstić information content (AvgIpc) is 2.86. The van der Waals surface area contributed by atoms with Gasteiger partial charge in [0.05, 0.1) is 6.61 Å². The number of Topliss-reactive ketones (excluding diaryl/α,β-unsaturated/α-hetero) is 1. The Morgan fingerprint density at radius 3 is 2.65 bits per heavy atom. The molecule has 4 heteroatoms. The van der Waals surface area contributed by atoms with Gasteiger partial charge < -0.3 is 9.47 Å². The third-order valence-corrected chi connectivity index (χ3v) is 4.67. The third-order valence-electron chi connectivity index (χ3n) is 4.67. The van der Waals surface area contributed by atoms with Crippen LogP contribution in [0.3, 0.4) is 0 Å². The van der Waals surface area contributed by atoms with Crippen LogP contribution in [0.2, 0.25) is 0 Å². The van der Waals surface area contributed by atoms with E-state index in [2.05, 4.69) is 4.90 Å². The normalized spacial score (nSPS) is 42.3. The summed E-state index contributed by atoms with van der Waals surface area (Å²) < 4.78 is 11.2. The van der Waals surface area contributed by atoms with E-state index in [9.17, 15) is 4.79 Å². The fourth-order valence-electron chi connectivity index (χ4n) is 3.59.